The lowest BCUT2D eigenvalue weighted by molar-refractivity contribution is -0.167. The number of nitrogens with one attached hydrogen (secondary N) is 1. The molecule has 0 aromatic heterocycles. The van der Waals surface area contributed by atoms with Gasteiger partial charge in [-0.2, -0.15) is 11.8 Å². The molecule has 3 N–H and O–H groups in total. The van der Waals surface area contributed by atoms with E-state index in [1.165, 1.54) is 17.7 Å². The number of amides is 1. The van der Waals surface area contributed by atoms with E-state index in [1.54, 1.807) is 29.5 Å². The van der Waals surface area contributed by atoms with Gasteiger partial charge < -0.3 is 25.3 Å². The van der Waals surface area contributed by atoms with E-state index in [0.29, 0.717) is 5.75 Å². The van der Waals surface area contributed by atoms with Crippen molar-refractivity contribution in [3.05, 3.63) is 0 Å². The normalized spacial score (nSPS) is 13.9. The van der Waals surface area contributed by atoms with Crippen molar-refractivity contribution >= 4 is 59.2 Å². The third kappa shape index (κ3) is 14.9. The summed E-state index contributed by atoms with van der Waals surface area (Å²) in [5.74, 6) is 0.215. The molecule has 0 fully saturated rings. The van der Waals surface area contributed by atoms with E-state index in [0.717, 1.165) is 17.9 Å². The molecule has 0 aliphatic carbocycles. The SMILES string of the molecule is [B][C@H](CSSC[C@@H](N)CCSC)C(=O)NCC(=O)OC(C)OC(=O)OCC. The topological polar surface area (TPSA) is 117 Å². The number of nitrogens with two attached hydrogens (primary N) is 1. The minimum Gasteiger partial charge on any atom is -0.435 e. The summed E-state index contributed by atoms with van der Waals surface area (Å²) in [7, 11) is 8.82. The smallest absolute Gasteiger partial charge is 0.435 e. The van der Waals surface area contributed by atoms with Gasteiger partial charge in [-0.15, -0.1) is 0 Å². The maximum Gasteiger partial charge on any atom is 0.511 e. The Morgan fingerprint density at radius 1 is 1.19 bits per heavy atom. The number of rotatable bonds is 14. The molecule has 8 nitrogen and oxygen atoms in total. The van der Waals surface area contributed by atoms with Crippen LogP contribution in [0, 0.1) is 0 Å². The van der Waals surface area contributed by atoms with Crippen LogP contribution >= 0.6 is 33.3 Å². The molecule has 12 heteroatoms. The molecule has 0 aliphatic rings. The molecule has 0 bridgehead atoms. The van der Waals surface area contributed by atoms with Gasteiger partial charge in [0, 0.05) is 30.3 Å². The predicted octanol–water partition coefficient (Wildman–Crippen LogP) is 1.58. The molecule has 154 valence electrons. The van der Waals surface area contributed by atoms with Crippen molar-refractivity contribution in [2.45, 2.75) is 38.4 Å². The fourth-order valence-corrected chi connectivity index (χ4v) is 4.43. The Morgan fingerprint density at radius 3 is 2.48 bits per heavy atom. The van der Waals surface area contributed by atoms with E-state index in [9.17, 15) is 14.4 Å². The fraction of sp³-hybridized carbons (Fsp3) is 0.800. The Morgan fingerprint density at radius 2 is 1.85 bits per heavy atom. The molecular weight excluding hydrogens is 411 g/mol. The number of hydrogen-bond acceptors (Lipinski definition) is 10. The van der Waals surface area contributed by atoms with Crippen LogP contribution in [-0.2, 0) is 23.8 Å². The van der Waals surface area contributed by atoms with Gasteiger partial charge in [0.2, 0.25) is 12.2 Å². The Bertz CT molecular complexity index is 461. The molecular formula is C15H27BN2O6S3. The van der Waals surface area contributed by atoms with Crippen LogP contribution in [0.3, 0.4) is 0 Å². The van der Waals surface area contributed by atoms with Gasteiger partial charge in [0.05, 0.1) is 14.5 Å². The van der Waals surface area contributed by atoms with Crippen LogP contribution < -0.4 is 11.1 Å². The molecule has 27 heavy (non-hydrogen) atoms. The highest BCUT2D eigenvalue weighted by Gasteiger charge is 2.17. The zero-order valence-electron chi connectivity index (χ0n) is 15.8. The lowest BCUT2D eigenvalue weighted by Gasteiger charge is -2.15. The number of carbonyl (C=O) groups is 3. The highest BCUT2D eigenvalue weighted by Crippen LogP contribution is 2.26. The highest BCUT2D eigenvalue weighted by atomic mass is 33.1. The molecule has 0 saturated heterocycles. The van der Waals surface area contributed by atoms with Crippen LogP contribution in [0.15, 0.2) is 0 Å². The van der Waals surface area contributed by atoms with Crippen molar-refractivity contribution < 1.29 is 28.6 Å². The Labute approximate surface area is 173 Å². The summed E-state index contributed by atoms with van der Waals surface area (Å²) in [6.07, 6.45) is 0.925. The van der Waals surface area contributed by atoms with Crippen LogP contribution in [0.25, 0.3) is 0 Å². The number of ether oxygens (including phenoxy) is 3. The molecule has 1 unspecified atom stereocenters. The summed E-state index contributed by atoms with van der Waals surface area (Å²) in [4.78, 5) is 34.5. The van der Waals surface area contributed by atoms with Gasteiger partial charge in [-0.05, 0) is 25.4 Å². The fourth-order valence-electron chi connectivity index (χ4n) is 1.51. The van der Waals surface area contributed by atoms with E-state index in [-0.39, 0.29) is 19.2 Å². The first-order chi connectivity index (χ1) is 12.8. The molecule has 0 aliphatic heterocycles. The second-order valence-corrected chi connectivity index (χ2v) is 8.83. The Kier molecular flexibility index (Phi) is 15.8. The van der Waals surface area contributed by atoms with Crippen LogP contribution in [-0.4, -0.2) is 74.9 Å². The van der Waals surface area contributed by atoms with Crippen molar-refractivity contribution in [3.8, 4) is 0 Å². The van der Waals surface area contributed by atoms with Crippen molar-refractivity contribution in [2.24, 2.45) is 5.73 Å². The quantitative estimate of drug-likeness (QED) is 0.136. The van der Waals surface area contributed by atoms with Crippen molar-refractivity contribution in [1.29, 1.82) is 0 Å². The largest absolute Gasteiger partial charge is 0.511 e. The molecule has 2 radical (unpaired) electrons. The first-order valence-electron chi connectivity index (χ1n) is 8.35. The lowest BCUT2D eigenvalue weighted by Crippen LogP contribution is -2.35. The van der Waals surface area contributed by atoms with Crippen LogP contribution in [0.1, 0.15) is 20.3 Å². The zero-order chi connectivity index (χ0) is 20.7. The minimum absolute atomic E-state index is 0.119. The molecule has 0 saturated carbocycles. The summed E-state index contributed by atoms with van der Waals surface area (Å²) in [6.45, 7) is 2.75. The number of esters is 1. The summed E-state index contributed by atoms with van der Waals surface area (Å²) in [6, 6.07) is 0.119. The van der Waals surface area contributed by atoms with E-state index >= 15 is 0 Å². The number of thioether (sulfide) groups is 1. The molecule has 0 aromatic carbocycles. The maximum absolute atomic E-state index is 11.9. The number of hydrogen-bond donors (Lipinski definition) is 2. The van der Waals surface area contributed by atoms with Gasteiger partial charge in [-0.3, -0.25) is 9.59 Å². The molecule has 0 spiro atoms. The summed E-state index contributed by atoms with van der Waals surface area (Å²) in [5, 5.41) is 2.38. The second-order valence-electron chi connectivity index (χ2n) is 5.29. The van der Waals surface area contributed by atoms with Crippen LogP contribution in [0.4, 0.5) is 4.79 Å². The zero-order valence-corrected chi connectivity index (χ0v) is 18.3. The Hall–Kier alpha value is -0.715. The van der Waals surface area contributed by atoms with Gasteiger partial charge >= 0.3 is 12.1 Å². The van der Waals surface area contributed by atoms with Gasteiger partial charge in [0.15, 0.2) is 0 Å². The number of carbonyl (C=O) groups excluding carboxylic acids is 3. The minimum atomic E-state index is -1.12. The Balaban J connectivity index is 3.89. The summed E-state index contributed by atoms with van der Waals surface area (Å²) >= 11 is 1.76. The predicted molar refractivity (Wildman–Crippen MR) is 112 cm³/mol. The molecule has 0 aromatic rings. The molecule has 0 heterocycles. The van der Waals surface area contributed by atoms with Crippen molar-refractivity contribution in [3.63, 3.8) is 0 Å². The highest BCUT2D eigenvalue weighted by molar-refractivity contribution is 8.76. The average molecular weight is 438 g/mol. The standard InChI is InChI=1S/C15H27BN2O6S3/c1-4-22-15(21)24-10(2)23-13(19)7-18-14(20)12(16)9-27-26-8-11(17)5-6-25-3/h10-12H,4-9,17H2,1-3H3,(H,18,20)/t10?,11-,12+/m0/s1. The molecule has 0 rings (SSSR count). The van der Waals surface area contributed by atoms with Crippen molar-refractivity contribution in [1.82, 2.24) is 5.32 Å². The van der Waals surface area contributed by atoms with Gasteiger partial charge in [-0.1, -0.05) is 21.6 Å². The van der Waals surface area contributed by atoms with Gasteiger partial charge in [0.1, 0.15) is 6.54 Å². The third-order valence-electron chi connectivity index (χ3n) is 2.87. The first-order valence-corrected chi connectivity index (χ1v) is 12.2. The summed E-state index contributed by atoms with van der Waals surface area (Å²) < 4.78 is 14.0. The maximum atomic E-state index is 11.9. The van der Waals surface area contributed by atoms with E-state index < -0.39 is 30.1 Å². The van der Waals surface area contributed by atoms with E-state index in [1.807, 2.05) is 6.26 Å². The van der Waals surface area contributed by atoms with Gasteiger partial charge in [-0.25, -0.2) is 4.79 Å². The van der Waals surface area contributed by atoms with E-state index in [2.05, 4.69) is 14.8 Å². The molecule has 1 amide bonds. The lowest BCUT2D eigenvalue weighted by atomic mass is 9.89. The van der Waals surface area contributed by atoms with Gasteiger partial charge in [0.25, 0.3) is 0 Å². The monoisotopic (exact) mass is 438 g/mol. The first kappa shape index (κ1) is 26.3. The molecule has 3 atom stereocenters. The third-order valence-corrected chi connectivity index (χ3v) is 6.06. The van der Waals surface area contributed by atoms with Crippen LogP contribution in [0.5, 0.6) is 0 Å². The van der Waals surface area contributed by atoms with Crippen molar-refractivity contribution in [2.75, 3.05) is 36.7 Å². The van der Waals surface area contributed by atoms with Crippen LogP contribution in [0.2, 0.25) is 5.82 Å². The van der Waals surface area contributed by atoms with E-state index in [4.69, 9.17) is 18.3 Å². The second kappa shape index (κ2) is 16.3. The summed E-state index contributed by atoms with van der Waals surface area (Å²) in [5.41, 5.74) is 5.96. The average Bonchev–Trinajstić information content (AvgIpc) is 2.61.